The first-order valence-electron chi connectivity index (χ1n) is 4.00. The lowest BCUT2D eigenvalue weighted by molar-refractivity contribution is 0.675. The predicted octanol–water partition coefficient (Wildman–Crippen LogP) is 2.33. The molecule has 12 heavy (non-hydrogen) atoms. The molecule has 2 heteroatoms. The Morgan fingerprint density at radius 2 is 1.83 bits per heavy atom. The molecule has 1 N–H and O–H groups in total. The van der Waals surface area contributed by atoms with Gasteiger partial charge in [0.1, 0.15) is 0 Å². The molecular weight excluding hydrogens is 170 g/mol. The summed E-state index contributed by atoms with van der Waals surface area (Å²) in [4.78, 5) is 0. The minimum Gasteiger partial charge on any atom is -0.309 e. The van der Waals surface area contributed by atoms with Crippen LogP contribution >= 0.6 is 11.6 Å². The maximum absolute atomic E-state index is 5.76. The topological polar surface area (TPSA) is 12.0 Å². The van der Waals surface area contributed by atoms with Crippen LogP contribution in [0.1, 0.15) is 5.56 Å². The van der Waals surface area contributed by atoms with Crippen molar-refractivity contribution in [1.29, 1.82) is 0 Å². The van der Waals surface area contributed by atoms with Gasteiger partial charge in [-0.15, -0.1) is 0 Å². The average molecular weight is 180 g/mol. The van der Waals surface area contributed by atoms with Gasteiger partial charge in [-0.3, -0.25) is 0 Å². The molecule has 1 aromatic rings. The van der Waals surface area contributed by atoms with E-state index in [1.807, 2.05) is 24.3 Å². The van der Waals surface area contributed by atoms with Crippen molar-refractivity contribution in [3.8, 4) is 0 Å². The summed E-state index contributed by atoms with van der Waals surface area (Å²) in [6.45, 7) is 2.06. The molecule has 1 aromatic carbocycles. The number of nitrogens with one attached hydrogen (secondary N) is 1. The lowest BCUT2D eigenvalue weighted by atomic mass is 10.1. The zero-order valence-corrected chi connectivity index (χ0v) is 7.43. The van der Waals surface area contributed by atoms with Crippen molar-refractivity contribution in [1.82, 2.24) is 5.32 Å². The monoisotopic (exact) mass is 179 g/mol. The van der Waals surface area contributed by atoms with E-state index < -0.39 is 0 Å². The standard InChI is InChI=1S/C10H10ClN/c11-10-3-1-8(2-4-10)5-9-6-12-7-9/h1-5,12H,6-7H2. The normalized spacial score (nSPS) is 15.6. The molecule has 1 heterocycles. The van der Waals surface area contributed by atoms with Gasteiger partial charge in [-0.05, 0) is 23.3 Å². The quantitative estimate of drug-likeness (QED) is 0.698. The number of hydrogen-bond acceptors (Lipinski definition) is 1. The van der Waals surface area contributed by atoms with Crippen molar-refractivity contribution < 1.29 is 0 Å². The van der Waals surface area contributed by atoms with Crippen LogP contribution in [0.2, 0.25) is 5.02 Å². The smallest absolute Gasteiger partial charge is 0.0406 e. The molecule has 0 bridgehead atoms. The first-order valence-corrected chi connectivity index (χ1v) is 4.38. The van der Waals surface area contributed by atoms with Crippen molar-refractivity contribution >= 4 is 17.7 Å². The van der Waals surface area contributed by atoms with Crippen LogP contribution in [-0.4, -0.2) is 13.1 Å². The number of hydrogen-bond donors (Lipinski definition) is 1. The Labute approximate surface area is 77.0 Å². The predicted molar refractivity (Wildman–Crippen MR) is 52.3 cm³/mol. The summed E-state index contributed by atoms with van der Waals surface area (Å²) in [5, 5.41) is 3.99. The lowest BCUT2D eigenvalue weighted by Gasteiger charge is -2.18. The van der Waals surface area contributed by atoms with Gasteiger partial charge >= 0.3 is 0 Å². The maximum Gasteiger partial charge on any atom is 0.0406 e. The van der Waals surface area contributed by atoms with Gasteiger partial charge in [0, 0.05) is 18.1 Å². The van der Waals surface area contributed by atoms with Gasteiger partial charge in [0.2, 0.25) is 0 Å². The van der Waals surface area contributed by atoms with Gasteiger partial charge in [0.15, 0.2) is 0 Å². The highest BCUT2D eigenvalue weighted by Crippen LogP contribution is 2.13. The highest BCUT2D eigenvalue weighted by Gasteiger charge is 2.05. The third kappa shape index (κ3) is 1.68. The van der Waals surface area contributed by atoms with E-state index in [0.717, 1.165) is 18.1 Å². The molecule has 1 saturated heterocycles. The van der Waals surface area contributed by atoms with Gasteiger partial charge in [-0.2, -0.15) is 0 Å². The van der Waals surface area contributed by atoms with Crippen LogP contribution in [0.25, 0.3) is 6.08 Å². The van der Waals surface area contributed by atoms with Crippen LogP contribution in [0.3, 0.4) is 0 Å². The molecule has 0 unspecified atom stereocenters. The van der Waals surface area contributed by atoms with E-state index >= 15 is 0 Å². The highest BCUT2D eigenvalue weighted by molar-refractivity contribution is 6.30. The van der Waals surface area contributed by atoms with Gasteiger partial charge < -0.3 is 5.32 Å². The number of rotatable bonds is 1. The number of halogens is 1. The lowest BCUT2D eigenvalue weighted by Crippen LogP contribution is -2.33. The van der Waals surface area contributed by atoms with Crippen molar-refractivity contribution in [3.63, 3.8) is 0 Å². The summed E-state index contributed by atoms with van der Waals surface area (Å²) in [5.74, 6) is 0. The fourth-order valence-corrected chi connectivity index (χ4v) is 1.29. The van der Waals surface area contributed by atoms with Crippen LogP contribution in [0.4, 0.5) is 0 Å². The molecule has 1 aliphatic heterocycles. The average Bonchev–Trinajstić information content (AvgIpc) is 2.00. The minimum absolute atomic E-state index is 0.795. The van der Waals surface area contributed by atoms with Gasteiger partial charge in [-0.25, -0.2) is 0 Å². The first-order chi connectivity index (χ1) is 5.84. The molecule has 0 aliphatic carbocycles. The van der Waals surface area contributed by atoms with E-state index in [9.17, 15) is 0 Å². The van der Waals surface area contributed by atoms with Crippen molar-refractivity contribution in [2.24, 2.45) is 0 Å². The Hall–Kier alpha value is -0.790. The van der Waals surface area contributed by atoms with E-state index in [4.69, 9.17) is 11.6 Å². The molecule has 62 valence electrons. The Bertz CT molecular complexity index is 294. The molecule has 0 amide bonds. The van der Waals surface area contributed by atoms with E-state index in [1.165, 1.54) is 11.1 Å². The highest BCUT2D eigenvalue weighted by atomic mass is 35.5. The van der Waals surface area contributed by atoms with Crippen LogP contribution in [-0.2, 0) is 0 Å². The van der Waals surface area contributed by atoms with E-state index in [0.29, 0.717) is 0 Å². The second-order valence-corrected chi connectivity index (χ2v) is 3.39. The van der Waals surface area contributed by atoms with E-state index in [1.54, 1.807) is 0 Å². The Morgan fingerprint density at radius 1 is 1.17 bits per heavy atom. The molecule has 1 nitrogen and oxygen atoms in total. The van der Waals surface area contributed by atoms with Crippen molar-refractivity contribution in [2.45, 2.75) is 0 Å². The third-order valence-corrected chi connectivity index (χ3v) is 2.20. The fourth-order valence-electron chi connectivity index (χ4n) is 1.17. The van der Waals surface area contributed by atoms with Gasteiger partial charge in [0.25, 0.3) is 0 Å². The van der Waals surface area contributed by atoms with E-state index in [2.05, 4.69) is 11.4 Å². The van der Waals surface area contributed by atoms with E-state index in [-0.39, 0.29) is 0 Å². The molecule has 2 rings (SSSR count). The van der Waals surface area contributed by atoms with Gasteiger partial charge in [-0.1, -0.05) is 29.8 Å². The number of benzene rings is 1. The summed E-state index contributed by atoms with van der Waals surface area (Å²) in [6, 6.07) is 7.90. The minimum atomic E-state index is 0.795. The second-order valence-electron chi connectivity index (χ2n) is 2.96. The third-order valence-electron chi connectivity index (χ3n) is 1.94. The second kappa shape index (κ2) is 3.30. The summed E-state index contributed by atoms with van der Waals surface area (Å²) in [7, 11) is 0. The molecule has 0 spiro atoms. The Morgan fingerprint density at radius 3 is 2.33 bits per heavy atom. The molecular formula is C10H10ClN. The molecule has 1 fully saturated rings. The summed E-state index contributed by atoms with van der Waals surface area (Å²) < 4.78 is 0. The van der Waals surface area contributed by atoms with Crippen molar-refractivity contribution in [2.75, 3.05) is 13.1 Å². The molecule has 0 radical (unpaired) electrons. The summed E-state index contributed by atoms with van der Waals surface area (Å²) >= 11 is 5.76. The summed E-state index contributed by atoms with van der Waals surface area (Å²) in [5.41, 5.74) is 2.69. The SMILES string of the molecule is Clc1ccc(C=C2CNC2)cc1. The van der Waals surface area contributed by atoms with Crippen molar-refractivity contribution in [3.05, 3.63) is 40.4 Å². The largest absolute Gasteiger partial charge is 0.309 e. The molecule has 0 atom stereocenters. The molecule has 0 saturated carbocycles. The van der Waals surface area contributed by atoms with Crippen LogP contribution in [0.5, 0.6) is 0 Å². The fraction of sp³-hybridized carbons (Fsp3) is 0.200. The van der Waals surface area contributed by atoms with Crippen LogP contribution < -0.4 is 5.32 Å². The Kier molecular flexibility index (Phi) is 2.15. The van der Waals surface area contributed by atoms with Crippen LogP contribution in [0.15, 0.2) is 29.8 Å². The summed E-state index contributed by atoms with van der Waals surface area (Å²) in [6.07, 6.45) is 2.20. The molecule has 1 aliphatic rings. The maximum atomic E-state index is 5.76. The van der Waals surface area contributed by atoms with Crippen LogP contribution in [0, 0.1) is 0 Å². The zero-order valence-electron chi connectivity index (χ0n) is 6.68. The molecule has 0 aromatic heterocycles. The Balaban J connectivity index is 2.18. The zero-order chi connectivity index (χ0) is 8.39. The first kappa shape index (κ1) is 7.84. The van der Waals surface area contributed by atoms with Gasteiger partial charge in [0.05, 0.1) is 0 Å².